The van der Waals surface area contributed by atoms with Crippen LogP contribution in [0.4, 0.5) is 0 Å². The first-order valence-electron chi connectivity index (χ1n) is 6.33. The van der Waals surface area contributed by atoms with Gasteiger partial charge in [-0.1, -0.05) is 18.2 Å². The van der Waals surface area contributed by atoms with Gasteiger partial charge >= 0.3 is 0 Å². The van der Waals surface area contributed by atoms with Gasteiger partial charge in [-0.05, 0) is 24.3 Å². The number of hydrogen-bond acceptors (Lipinski definition) is 4. The molecule has 0 atom stereocenters. The molecule has 0 fully saturated rings. The summed E-state index contributed by atoms with van der Waals surface area (Å²) in [4.78, 5) is 7.81. The molecule has 21 heavy (non-hydrogen) atoms. The third-order valence-corrected chi connectivity index (χ3v) is 4.37. The SMILES string of the molecule is COc1ccccc1-c1nc2c(S(C)(=O)=O)cccc2[nH]1. The highest BCUT2D eigenvalue weighted by atomic mass is 32.2. The fraction of sp³-hybridized carbons (Fsp3) is 0.133. The largest absolute Gasteiger partial charge is 0.496 e. The van der Waals surface area contributed by atoms with Gasteiger partial charge in [0.2, 0.25) is 0 Å². The molecule has 0 amide bonds. The first kappa shape index (κ1) is 13.6. The summed E-state index contributed by atoms with van der Waals surface area (Å²) in [6.45, 7) is 0. The number of sulfone groups is 1. The van der Waals surface area contributed by atoms with E-state index in [4.69, 9.17) is 4.74 Å². The quantitative estimate of drug-likeness (QED) is 0.807. The molecule has 3 aromatic rings. The number of methoxy groups -OCH3 is 1. The van der Waals surface area contributed by atoms with Gasteiger partial charge in [0.25, 0.3) is 0 Å². The lowest BCUT2D eigenvalue weighted by molar-refractivity contribution is 0.416. The van der Waals surface area contributed by atoms with Crippen LogP contribution in [0.25, 0.3) is 22.4 Å². The second-order valence-electron chi connectivity index (χ2n) is 4.71. The molecular formula is C15H14N2O3S. The molecule has 1 heterocycles. The van der Waals surface area contributed by atoms with Gasteiger partial charge in [0, 0.05) is 6.26 Å². The molecule has 0 unspecified atom stereocenters. The number of nitrogens with zero attached hydrogens (tertiary/aromatic N) is 1. The van der Waals surface area contributed by atoms with Crippen molar-refractivity contribution < 1.29 is 13.2 Å². The third kappa shape index (κ3) is 2.38. The molecule has 0 aliphatic rings. The summed E-state index contributed by atoms with van der Waals surface area (Å²) in [6.07, 6.45) is 1.18. The average molecular weight is 302 g/mol. The van der Waals surface area contributed by atoms with E-state index in [9.17, 15) is 8.42 Å². The fourth-order valence-corrected chi connectivity index (χ4v) is 3.11. The van der Waals surface area contributed by atoms with Crippen LogP contribution in [0.1, 0.15) is 0 Å². The minimum atomic E-state index is -3.33. The summed E-state index contributed by atoms with van der Waals surface area (Å²) in [5, 5.41) is 0. The van der Waals surface area contributed by atoms with E-state index in [0.717, 1.165) is 5.56 Å². The van der Waals surface area contributed by atoms with Crippen LogP contribution in [-0.4, -0.2) is 31.8 Å². The molecule has 6 heteroatoms. The summed E-state index contributed by atoms with van der Waals surface area (Å²) in [5.41, 5.74) is 1.91. The van der Waals surface area contributed by atoms with Crippen LogP contribution in [-0.2, 0) is 9.84 Å². The van der Waals surface area contributed by atoms with Crippen molar-refractivity contribution in [2.75, 3.05) is 13.4 Å². The van der Waals surface area contributed by atoms with Gasteiger partial charge in [0.15, 0.2) is 9.84 Å². The zero-order valence-corrected chi connectivity index (χ0v) is 12.4. The van der Waals surface area contributed by atoms with Crippen LogP contribution >= 0.6 is 0 Å². The molecular weight excluding hydrogens is 288 g/mol. The number of H-pyrrole nitrogens is 1. The fourth-order valence-electron chi connectivity index (χ4n) is 2.27. The number of para-hydroxylation sites is 2. The van der Waals surface area contributed by atoms with Crippen molar-refractivity contribution in [2.24, 2.45) is 0 Å². The Bertz CT molecular complexity index is 914. The summed E-state index contributed by atoms with van der Waals surface area (Å²) in [5.74, 6) is 1.26. The Morgan fingerprint density at radius 1 is 1.10 bits per heavy atom. The van der Waals surface area contributed by atoms with Crippen molar-refractivity contribution in [3.63, 3.8) is 0 Å². The van der Waals surface area contributed by atoms with E-state index in [1.807, 2.05) is 24.3 Å². The number of aromatic amines is 1. The van der Waals surface area contributed by atoms with Crippen LogP contribution in [0.5, 0.6) is 5.75 Å². The first-order chi connectivity index (χ1) is 10.0. The second-order valence-corrected chi connectivity index (χ2v) is 6.69. The van der Waals surface area contributed by atoms with Crippen molar-refractivity contribution in [2.45, 2.75) is 4.90 Å². The smallest absolute Gasteiger partial charge is 0.177 e. The lowest BCUT2D eigenvalue weighted by Gasteiger charge is -2.04. The monoisotopic (exact) mass is 302 g/mol. The zero-order valence-electron chi connectivity index (χ0n) is 11.6. The Morgan fingerprint density at radius 3 is 2.57 bits per heavy atom. The van der Waals surface area contributed by atoms with Crippen LogP contribution in [0.2, 0.25) is 0 Å². The summed E-state index contributed by atoms with van der Waals surface area (Å²) in [6, 6.07) is 12.5. The molecule has 2 aromatic carbocycles. The molecule has 5 nitrogen and oxygen atoms in total. The maximum absolute atomic E-state index is 11.8. The van der Waals surface area contributed by atoms with Gasteiger partial charge in [-0.25, -0.2) is 13.4 Å². The predicted octanol–water partition coefficient (Wildman–Crippen LogP) is 2.64. The van der Waals surface area contributed by atoms with Crippen molar-refractivity contribution in [1.82, 2.24) is 9.97 Å². The van der Waals surface area contributed by atoms with Crippen LogP contribution in [0, 0.1) is 0 Å². The van der Waals surface area contributed by atoms with Gasteiger partial charge < -0.3 is 9.72 Å². The van der Waals surface area contributed by atoms with Gasteiger partial charge in [-0.2, -0.15) is 0 Å². The predicted molar refractivity (Wildman–Crippen MR) is 81.2 cm³/mol. The van der Waals surface area contributed by atoms with E-state index in [1.54, 1.807) is 25.3 Å². The summed E-state index contributed by atoms with van der Waals surface area (Å²) >= 11 is 0. The van der Waals surface area contributed by atoms with Crippen molar-refractivity contribution in [3.05, 3.63) is 42.5 Å². The van der Waals surface area contributed by atoms with Crippen molar-refractivity contribution in [3.8, 4) is 17.1 Å². The first-order valence-corrected chi connectivity index (χ1v) is 8.22. The van der Waals surface area contributed by atoms with Crippen LogP contribution < -0.4 is 4.74 Å². The standard InChI is InChI=1S/C15H14N2O3S/c1-20-12-8-4-3-6-10(12)15-16-11-7-5-9-13(14(11)17-15)21(2,18)19/h3-9H,1-2H3,(H,16,17). The Kier molecular flexibility index (Phi) is 3.17. The van der Waals surface area contributed by atoms with Crippen molar-refractivity contribution >= 4 is 20.9 Å². The number of hydrogen-bond donors (Lipinski definition) is 1. The van der Waals surface area contributed by atoms with Gasteiger partial charge in [-0.15, -0.1) is 0 Å². The Morgan fingerprint density at radius 2 is 1.86 bits per heavy atom. The number of aromatic nitrogens is 2. The van der Waals surface area contributed by atoms with Crippen LogP contribution in [0.15, 0.2) is 47.4 Å². The normalized spacial score (nSPS) is 11.7. The number of imidazole rings is 1. The zero-order chi connectivity index (χ0) is 15.0. The molecule has 0 aliphatic carbocycles. The van der Waals surface area contributed by atoms with E-state index >= 15 is 0 Å². The van der Waals surface area contributed by atoms with Gasteiger partial charge in [0.1, 0.15) is 17.1 Å². The average Bonchev–Trinajstić information content (AvgIpc) is 2.89. The lowest BCUT2D eigenvalue weighted by Crippen LogP contribution is -1.97. The van der Waals surface area contributed by atoms with E-state index in [2.05, 4.69) is 9.97 Å². The lowest BCUT2D eigenvalue weighted by atomic mass is 10.2. The molecule has 0 spiro atoms. The van der Waals surface area contributed by atoms with Crippen molar-refractivity contribution in [1.29, 1.82) is 0 Å². The van der Waals surface area contributed by atoms with Gasteiger partial charge in [0.05, 0.1) is 23.1 Å². The van der Waals surface area contributed by atoms with E-state index in [-0.39, 0.29) is 4.90 Å². The van der Waals surface area contributed by atoms with E-state index in [0.29, 0.717) is 22.6 Å². The highest BCUT2D eigenvalue weighted by Crippen LogP contribution is 2.30. The molecule has 1 N–H and O–H groups in total. The summed E-state index contributed by atoms with van der Waals surface area (Å²) < 4.78 is 29.0. The highest BCUT2D eigenvalue weighted by Gasteiger charge is 2.16. The maximum Gasteiger partial charge on any atom is 0.177 e. The minimum Gasteiger partial charge on any atom is -0.496 e. The van der Waals surface area contributed by atoms with E-state index < -0.39 is 9.84 Å². The Labute approximate surface area is 122 Å². The highest BCUT2D eigenvalue weighted by molar-refractivity contribution is 7.91. The summed E-state index contributed by atoms with van der Waals surface area (Å²) in [7, 11) is -1.74. The van der Waals surface area contributed by atoms with Gasteiger partial charge in [-0.3, -0.25) is 0 Å². The van der Waals surface area contributed by atoms with Crippen LogP contribution in [0.3, 0.4) is 0 Å². The minimum absolute atomic E-state index is 0.220. The molecule has 0 saturated heterocycles. The molecule has 1 aromatic heterocycles. The number of ether oxygens (including phenoxy) is 1. The molecule has 0 aliphatic heterocycles. The number of nitrogens with one attached hydrogen (secondary N) is 1. The number of fused-ring (bicyclic) bond motifs is 1. The molecule has 3 rings (SSSR count). The Hall–Kier alpha value is -2.34. The molecule has 108 valence electrons. The maximum atomic E-state index is 11.8. The molecule has 0 saturated carbocycles. The molecule has 0 bridgehead atoms. The number of rotatable bonds is 3. The molecule has 0 radical (unpaired) electrons. The number of benzene rings is 2. The Balaban J connectivity index is 2.27. The topological polar surface area (TPSA) is 72.0 Å². The van der Waals surface area contributed by atoms with E-state index in [1.165, 1.54) is 6.26 Å². The second kappa shape index (κ2) is 4.89. The third-order valence-electron chi connectivity index (χ3n) is 3.24.